The number of halogens is 1. The van der Waals surface area contributed by atoms with E-state index < -0.39 is 18.2 Å². The van der Waals surface area contributed by atoms with E-state index in [2.05, 4.69) is 5.32 Å². The Morgan fingerprint density at radius 3 is 2.55 bits per heavy atom. The average Bonchev–Trinajstić information content (AvgIpc) is 2.70. The van der Waals surface area contributed by atoms with Gasteiger partial charge < -0.3 is 15.3 Å². The van der Waals surface area contributed by atoms with E-state index >= 15 is 0 Å². The zero-order chi connectivity index (χ0) is 20.8. The van der Waals surface area contributed by atoms with Gasteiger partial charge in [0.05, 0.1) is 18.8 Å². The number of nitrogens with zero attached hydrogens (tertiary/aromatic N) is 1. The Kier molecular flexibility index (Phi) is 6.59. The molecule has 2 aromatic carbocycles. The quantitative estimate of drug-likeness (QED) is 0.783. The normalized spacial score (nSPS) is 16.3. The number of carboxylic acid groups (broad SMARTS) is 1. The van der Waals surface area contributed by atoms with Gasteiger partial charge >= 0.3 is 5.97 Å². The van der Waals surface area contributed by atoms with Crippen molar-refractivity contribution in [2.45, 2.75) is 25.7 Å². The van der Waals surface area contributed by atoms with Crippen LogP contribution < -0.4 is 5.32 Å². The zero-order valence-electron chi connectivity index (χ0n) is 15.9. The molecule has 3 rings (SSSR count). The molecule has 6 nitrogen and oxygen atoms in total. The number of nitrogens with one attached hydrogen (secondary N) is 1. The first kappa shape index (κ1) is 20.5. The van der Waals surface area contributed by atoms with Gasteiger partial charge in [0, 0.05) is 18.8 Å². The van der Waals surface area contributed by atoms with Crippen LogP contribution in [-0.4, -0.2) is 40.9 Å². The predicted molar refractivity (Wildman–Crippen MR) is 106 cm³/mol. The van der Waals surface area contributed by atoms with E-state index in [0.29, 0.717) is 25.9 Å². The van der Waals surface area contributed by atoms with Gasteiger partial charge in [-0.1, -0.05) is 36.4 Å². The molecule has 1 unspecified atom stereocenters. The van der Waals surface area contributed by atoms with Gasteiger partial charge in [-0.25, -0.2) is 4.39 Å². The Labute approximate surface area is 168 Å². The molecule has 0 aliphatic carbocycles. The highest BCUT2D eigenvalue weighted by atomic mass is 19.1. The Balaban J connectivity index is 1.58. The lowest BCUT2D eigenvalue weighted by Gasteiger charge is -2.32. The third-order valence-corrected chi connectivity index (χ3v) is 5.01. The first-order valence-corrected chi connectivity index (χ1v) is 9.55. The van der Waals surface area contributed by atoms with Gasteiger partial charge in [-0.3, -0.25) is 14.4 Å². The molecule has 152 valence electrons. The summed E-state index contributed by atoms with van der Waals surface area (Å²) in [7, 11) is 0. The van der Waals surface area contributed by atoms with E-state index in [-0.39, 0.29) is 29.0 Å². The van der Waals surface area contributed by atoms with E-state index in [4.69, 9.17) is 5.11 Å². The Hall–Kier alpha value is -3.22. The Bertz CT molecular complexity index is 901. The number of hydrogen-bond acceptors (Lipinski definition) is 3. The zero-order valence-corrected chi connectivity index (χ0v) is 15.9. The van der Waals surface area contributed by atoms with Crippen LogP contribution in [0.25, 0.3) is 0 Å². The number of likely N-dealkylation sites (tertiary alicyclic amines) is 1. The fourth-order valence-electron chi connectivity index (χ4n) is 3.48. The topological polar surface area (TPSA) is 86.7 Å². The largest absolute Gasteiger partial charge is 0.481 e. The summed E-state index contributed by atoms with van der Waals surface area (Å²) in [6.07, 6.45) is 1.26. The van der Waals surface area contributed by atoms with Gasteiger partial charge in [-0.15, -0.1) is 0 Å². The van der Waals surface area contributed by atoms with Crippen LogP contribution in [0.1, 0.15) is 24.0 Å². The van der Waals surface area contributed by atoms with Crippen LogP contribution in [0.5, 0.6) is 0 Å². The molecule has 29 heavy (non-hydrogen) atoms. The molecule has 1 heterocycles. The summed E-state index contributed by atoms with van der Waals surface area (Å²) >= 11 is 0. The van der Waals surface area contributed by atoms with Crippen molar-refractivity contribution in [2.75, 3.05) is 18.4 Å². The molecular weight excluding hydrogens is 375 g/mol. The van der Waals surface area contributed by atoms with Crippen LogP contribution in [0.15, 0.2) is 48.5 Å². The smallest absolute Gasteiger partial charge is 0.307 e. The molecule has 2 amide bonds. The van der Waals surface area contributed by atoms with E-state index in [1.165, 1.54) is 12.1 Å². The van der Waals surface area contributed by atoms with Gasteiger partial charge in [0.1, 0.15) is 5.82 Å². The molecule has 0 saturated carbocycles. The molecule has 1 atom stereocenters. The first-order valence-electron chi connectivity index (χ1n) is 9.55. The minimum Gasteiger partial charge on any atom is -0.481 e. The lowest BCUT2D eigenvalue weighted by atomic mass is 9.96. The number of anilines is 1. The minimum absolute atomic E-state index is 0.0160. The van der Waals surface area contributed by atoms with Crippen molar-refractivity contribution in [3.63, 3.8) is 0 Å². The number of carbonyl (C=O) groups excluding carboxylic acids is 2. The van der Waals surface area contributed by atoms with Crippen molar-refractivity contribution >= 4 is 23.5 Å². The van der Waals surface area contributed by atoms with Crippen LogP contribution in [0.3, 0.4) is 0 Å². The Morgan fingerprint density at radius 2 is 1.86 bits per heavy atom. The molecule has 1 aliphatic heterocycles. The number of aliphatic carboxylic acids is 1. The molecule has 0 bridgehead atoms. The van der Waals surface area contributed by atoms with Gasteiger partial charge in [0.25, 0.3) is 0 Å². The monoisotopic (exact) mass is 398 g/mol. The second-order valence-electron chi connectivity index (χ2n) is 7.21. The number of piperidine rings is 1. The summed E-state index contributed by atoms with van der Waals surface area (Å²) < 4.78 is 14.0. The van der Waals surface area contributed by atoms with Crippen molar-refractivity contribution < 1.29 is 23.9 Å². The average molecular weight is 398 g/mol. The summed E-state index contributed by atoms with van der Waals surface area (Å²) in [6.45, 7) is 0.949. The summed E-state index contributed by atoms with van der Waals surface area (Å²) in [4.78, 5) is 37.6. The van der Waals surface area contributed by atoms with Crippen LogP contribution in [-0.2, 0) is 27.2 Å². The number of hydrogen-bond donors (Lipinski definition) is 2. The number of rotatable bonds is 6. The van der Waals surface area contributed by atoms with E-state index in [0.717, 1.165) is 18.1 Å². The molecule has 2 aromatic rings. The molecule has 1 aliphatic rings. The highest BCUT2D eigenvalue weighted by molar-refractivity contribution is 5.93. The maximum absolute atomic E-state index is 14.0. The SMILES string of the molecule is O=C(O)Cc1ccc(NC(=O)C2CCCN(C(=O)Cc3ccccc3)C2)cc1F. The molecule has 7 heteroatoms. The van der Waals surface area contributed by atoms with Crippen molar-refractivity contribution in [3.05, 3.63) is 65.5 Å². The van der Waals surface area contributed by atoms with Crippen LogP contribution in [0, 0.1) is 11.7 Å². The first-order chi connectivity index (χ1) is 13.9. The summed E-state index contributed by atoms with van der Waals surface area (Å²) in [6, 6.07) is 13.4. The Morgan fingerprint density at radius 1 is 1.10 bits per heavy atom. The second kappa shape index (κ2) is 9.32. The predicted octanol–water partition coefficient (Wildman–Crippen LogP) is 2.87. The van der Waals surface area contributed by atoms with E-state index in [1.807, 2.05) is 30.3 Å². The summed E-state index contributed by atoms with van der Waals surface area (Å²) in [5.41, 5.74) is 1.27. The summed E-state index contributed by atoms with van der Waals surface area (Å²) in [5, 5.41) is 11.4. The number of benzene rings is 2. The van der Waals surface area contributed by atoms with Crippen molar-refractivity contribution in [2.24, 2.45) is 5.92 Å². The lowest BCUT2D eigenvalue weighted by Crippen LogP contribution is -2.44. The number of carbonyl (C=O) groups is 3. The molecule has 0 spiro atoms. The maximum atomic E-state index is 14.0. The van der Waals surface area contributed by atoms with E-state index in [1.54, 1.807) is 4.90 Å². The molecule has 1 fully saturated rings. The van der Waals surface area contributed by atoms with Crippen LogP contribution in [0.4, 0.5) is 10.1 Å². The third-order valence-electron chi connectivity index (χ3n) is 5.01. The fraction of sp³-hybridized carbons (Fsp3) is 0.318. The number of carboxylic acids is 1. The highest BCUT2D eigenvalue weighted by Crippen LogP contribution is 2.21. The molecule has 2 N–H and O–H groups in total. The molecule has 1 saturated heterocycles. The van der Waals surface area contributed by atoms with Gasteiger partial charge in [0.15, 0.2) is 0 Å². The summed E-state index contributed by atoms with van der Waals surface area (Å²) in [5.74, 6) is -2.45. The lowest BCUT2D eigenvalue weighted by molar-refractivity contribution is -0.136. The molecule has 0 radical (unpaired) electrons. The van der Waals surface area contributed by atoms with Gasteiger partial charge in [0.2, 0.25) is 11.8 Å². The molecular formula is C22H23FN2O4. The number of amides is 2. The van der Waals surface area contributed by atoms with Crippen molar-refractivity contribution in [3.8, 4) is 0 Å². The fourth-order valence-corrected chi connectivity index (χ4v) is 3.48. The van der Waals surface area contributed by atoms with E-state index in [9.17, 15) is 18.8 Å². The highest BCUT2D eigenvalue weighted by Gasteiger charge is 2.28. The minimum atomic E-state index is -1.12. The second-order valence-corrected chi connectivity index (χ2v) is 7.21. The third kappa shape index (κ3) is 5.63. The van der Waals surface area contributed by atoms with Gasteiger partial charge in [-0.05, 0) is 36.1 Å². The maximum Gasteiger partial charge on any atom is 0.307 e. The van der Waals surface area contributed by atoms with Crippen molar-refractivity contribution in [1.82, 2.24) is 4.90 Å². The van der Waals surface area contributed by atoms with Crippen LogP contribution >= 0.6 is 0 Å². The molecule has 0 aromatic heterocycles. The van der Waals surface area contributed by atoms with Crippen LogP contribution in [0.2, 0.25) is 0 Å². The van der Waals surface area contributed by atoms with Gasteiger partial charge in [-0.2, -0.15) is 0 Å². The van der Waals surface area contributed by atoms with Crippen molar-refractivity contribution in [1.29, 1.82) is 0 Å². The standard InChI is InChI=1S/C22H23FN2O4/c23-19-13-18(9-8-16(19)12-21(27)28)24-22(29)17-7-4-10-25(14-17)20(26)11-15-5-2-1-3-6-15/h1-3,5-6,8-9,13,17H,4,7,10-12,14H2,(H,24,29)(H,27,28).